The zero-order valence-corrected chi connectivity index (χ0v) is 20.8. The fourth-order valence-electron chi connectivity index (χ4n) is 4.41. The SMILES string of the molecule is Cc1cc(N2C(=S)N[C@@H](c3ccccn3)[C@@H]2c2cccn2-c2cccnc2)ccc1NS(C)(=O)=O. The van der Waals surface area contributed by atoms with Crippen LogP contribution in [0.5, 0.6) is 0 Å². The van der Waals surface area contributed by atoms with E-state index in [0.29, 0.717) is 10.8 Å². The summed E-state index contributed by atoms with van der Waals surface area (Å²) in [5.41, 5.74) is 4.99. The average molecular weight is 505 g/mol. The minimum atomic E-state index is -3.39. The second-order valence-electron chi connectivity index (χ2n) is 8.38. The Morgan fingerprint density at radius 3 is 2.57 bits per heavy atom. The number of rotatable bonds is 6. The van der Waals surface area contributed by atoms with E-state index in [2.05, 4.69) is 35.5 Å². The fourth-order valence-corrected chi connectivity index (χ4v) is 5.39. The van der Waals surface area contributed by atoms with Gasteiger partial charge in [-0.25, -0.2) is 8.42 Å². The number of pyridine rings is 2. The van der Waals surface area contributed by atoms with Crippen LogP contribution in [0.3, 0.4) is 0 Å². The molecule has 0 spiro atoms. The van der Waals surface area contributed by atoms with Gasteiger partial charge in [-0.05, 0) is 79.3 Å². The fraction of sp³-hybridized carbons (Fsp3) is 0.160. The number of sulfonamides is 1. The second-order valence-corrected chi connectivity index (χ2v) is 10.5. The number of hydrogen-bond donors (Lipinski definition) is 2. The first-order valence-corrected chi connectivity index (χ1v) is 13.3. The van der Waals surface area contributed by atoms with Crippen molar-refractivity contribution in [3.63, 3.8) is 0 Å². The van der Waals surface area contributed by atoms with Crippen molar-refractivity contribution in [2.45, 2.75) is 19.0 Å². The molecule has 3 aromatic heterocycles. The lowest BCUT2D eigenvalue weighted by atomic mass is 10.0. The van der Waals surface area contributed by atoms with Crippen molar-refractivity contribution in [2.75, 3.05) is 15.9 Å². The molecule has 35 heavy (non-hydrogen) atoms. The van der Waals surface area contributed by atoms with Crippen LogP contribution in [0.1, 0.15) is 29.0 Å². The van der Waals surface area contributed by atoms with Crippen molar-refractivity contribution in [2.24, 2.45) is 0 Å². The van der Waals surface area contributed by atoms with E-state index >= 15 is 0 Å². The molecule has 8 nitrogen and oxygen atoms in total. The molecule has 0 aliphatic carbocycles. The quantitative estimate of drug-likeness (QED) is 0.382. The van der Waals surface area contributed by atoms with Gasteiger partial charge in [-0.15, -0.1) is 0 Å². The lowest BCUT2D eigenvalue weighted by molar-refractivity contribution is 0.549. The van der Waals surface area contributed by atoms with Crippen molar-refractivity contribution < 1.29 is 8.42 Å². The van der Waals surface area contributed by atoms with Crippen LogP contribution in [0.4, 0.5) is 11.4 Å². The average Bonchev–Trinajstić information content (AvgIpc) is 3.45. The van der Waals surface area contributed by atoms with E-state index in [9.17, 15) is 8.42 Å². The number of anilines is 2. The van der Waals surface area contributed by atoms with Crippen LogP contribution in [-0.4, -0.2) is 34.3 Å². The number of nitrogens with one attached hydrogen (secondary N) is 2. The zero-order chi connectivity index (χ0) is 24.6. The van der Waals surface area contributed by atoms with E-state index < -0.39 is 10.0 Å². The molecule has 4 aromatic rings. The summed E-state index contributed by atoms with van der Waals surface area (Å²) in [4.78, 5) is 11.0. The van der Waals surface area contributed by atoms with Gasteiger partial charge in [0.05, 0.1) is 35.6 Å². The first-order chi connectivity index (χ1) is 16.8. The Morgan fingerprint density at radius 2 is 1.89 bits per heavy atom. The molecule has 1 aliphatic rings. The van der Waals surface area contributed by atoms with Crippen LogP contribution >= 0.6 is 12.2 Å². The molecule has 0 bridgehead atoms. The molecule has 1 aromatic carbocycles. The normalized spacial score (nSPS) is 17.9. The molecule has 0 unspecified atom stereocenters. The van der Waals surface area contributed by atoms with Crippen LogP contribution < -0.4 is 14.9 Å². The molecule has 0 amide bonds. The highest BCUT2D eigenvalue weighted by Gasteiger charge is 2.42. The number of hydrogen-bond acceptors (Lipinski definition) is 5. The van der Waals surface area contributed by atoms with Gasteiger partial charge < -0.3 is 14.8 Å². The third-order valence-electron chi connectivity index (χ3n) is 5.89. The maximum absolute atomic E-state index is 11.8. The maximum Gasteiger partial charge on any atom is 0.229 e. The van der Waals surface area contributed by atoms with Crippen LogP contribution in [0, 0.1) is 6.92 Å². The number of nitrogens with zero attached hydrogens (tertiary/aromatic N) is 4. The Morgan fingerprint density at radius 1 is 1.03 bits per heavy atom. The Balaban J connectivity index is 1.63. The van der Waals surface area contributed by atoms with E-state index in [1.807, 2.05) is 67.8 Å². The number of benzene rings is 1. The second kappa shape index (κ2) is 9.12. The van der Waals surface area contributed by atoms with Crippen LogP contribution in [0.25, 0.3) is 5.69 Å². The van der Waals surface area contributed by atoms with Crippen molar-refractivity contribution >= 4 is 38.7 Å². The zero-order valence-electron chi connectivity index (χ0n) is 19.2. The van der Waals surface area contributed by atoms with Gasteiger partial charge in [-0.3, -0.25) is 14.7 Å². The monoisotopic (exact) mass is 504 g/mol. The molecule has 178 valence electrons. The predicted octanol–water partition coefficient (Wildman–Crippen LogP) is 4.12. The van der Waals surface area contributed by atoms with Crippen molar-refractivity contribution in [1.82, 2.24) is 19.9 Å². The number of thiocarbonyl (C=S) groups is 1. The largest absolute Gasteiger partial charge is 0.351 e. The van der Waals surface area contributed by atoms with Gasteiger partial charge in [0.1, 0.15) is 6.04 Å². The third-order valence-corrected chi connectivity index (χ3v) is 6.79. The highest BCUT2D eigenvalue weighted by atomic mass is 32.2. The summed E-state index contributed by atoms with van der Waals surface area (Å²) >= 11 is 5.83. The first kappa shape index (κ1) is 23.0. The van der Waals surface area contributed by atoms with E-state index in [1.165, 1.54) is 0 Å². The molecule has 0 saturated carbocycles. The first-order valence-electron chi connectivity index (χ1n) is 11.0. The summed E-state index contributed by atoms with van der Waals surface area (Å²) in [6.45, 7) is 1.87. The van der Waals surface area contributed by atoms with Crippen molar-refractivity contribution in [3.05, 3.63) is 102 Å². The molecule has 0 radical (unpaired) electrons. The van der Waals surface area contributed by atoms with Gasteiger partial charge in [0, 0.05) is 30.0 Å². The smallest absolute Gasteiger partial charge is 0.229 e. The van der Waals surface area contributed by atoms with Gasteiger partial charge in [-0.1, -0.05) is 6.07 Å². The highest BCUT2D eigenvalue weighted by molar-refractivity contribution is 7.92. The summed E-state index contributed by atoms with van der Waals surface area (Å²) in [5, 5.41) is 4.03. The molecule has 2 N–H and O–H groups in total. The summed E-state index contributed by atoms with van der Waals surface area (Å²) in [6.07, 6.45) is 8.48. The molecule has 1 fully saturated rings. The van der Waals surface area contributed by atoms with Crippen molar-refractivity contribution in [1.29, 1.82) is 0 Å². The summed E-state index contributed by atoms with van der Waals surface area (Å²) in [6, 6.07) is 19.0. The molecule has 1 aliphatic heterocycles. The maximum atomic E-state index is 11.8. The molecule has 1 saturated heterocycles. The minimum absolute atomic E-state index is 0.205. The Hall–Kier alpha value is -3.76. The lowest BCUT2D eigenvalue weighted by Crippen LogP contribution is -2.30. The third kappa shape index (κ3) is 4.62. The van der Waals surface area contributed by atoms with Crippen molar-refractivity contribution in [3.8, 4) is 5.69 Å². The van der Waals surface area contributed by atoms with E-state index in [-0.39, 0.29) is 12.1 Å². The Labute approximate surface area is 209 Å². The highest BCUT2D eigenvalue weighted by Crippen LogP contribution is 2.42. The summed E-state index contributed by atoms with van der Waals surface area (Å²) in [7, 11) is -3.39. The topological polar surface area (TPSA) is 92.2 Å². The van der Waals surface area contributed by atoms with E-state index in [0.717, 1.165) is 34.6 Å². The Kier molecular flexibility index (Phi) is 6.00. The van der Waals surface area contributed by atoms with E-state index in [1.54, 1.807) is 18.5 Å². The minimum Gasteiger partial charge on any atom is -0.351 e. The number of aromatic nitrogens is 3. The van der Waals surface area contributed by atoms with Gasteiger partial charge in [0.2, 0.25) is 10.0 Å². The standard InChI is InChI=1S/C25H24N6O2S2/c1-17-15-18(10-11-20(17)29-35(2,32)33)31-24(23(28-25(31)34)21-8-3-4-13-27-21)22-9-6-14-30(22)19-7-5-12-26-16-19/h3-16,23-24,29H,1-2H3,(H,28,34)/t23-,24-/m0/s1. The van der Waals surface area contributed by atoms with Gasteiger partial charge >= 0.3 is 0 Å². The van der Waals surface area contributed by atoms with E-state index in [4.69, 9.17) is 12.2 Å². The predicted molar refractivity (Wildman–Crippen MR) is 141 cm³/mol. The molecular formula is C25H24N6O2S2. The van der Waals surface area contributed by atoms with Crippen LogP contribution in [0.15, 0.2) is 85.5 Å². The van der Waals surface area contributed by atoms with Crippen LogP contribution in [0.2, 0.25) is 0 Å². The van der Waals surface area contributed by atoms with Gasteiger partial charge in [-0.2, -0.15) is 0 Å². The van der Waals surface area contributed by atoms with Crippen LogP contribution in [-0.2, 0) is 10.0 Å². The number of aryl methyl sites for hydroxylation is 1. The molecule has 5 rings (SSSR count). The lowest BCUT2D eigenvalue weighted by Gasteiger charge is -2.29. The summed E-state index contributed by atoms with van der Waals surface area (Å²) in [5.74, 6) is 0. The molecule has 2 atom stereocenters. The molecular weight excluding hydrogens is 480 g/mol. The molecule has 10 heteroatoms. The summed E-state index contributed by atoms with van der Waals surface area (Å²) < 4.78 is 28.2. The Bertz CT molecular complexity index is 1470. The van der Waals surface area contributed by atoms with Gasteiger partial charge in [0.25, 0.3) is 0 Å². The van der Waals surface area contributed by atoms with Gasteiger partial charge in [0.15, 0.2) is 5.11 Å². The molecule has 4 heterocycles.